The van der Waals surface area contributed by atoms with Gasteiger partial charge in [-0.3, -0.25) is 9.69 Å². The molecule has 2 atom stereocenters. The van der Waals surface area contributed by atoms with Gasteiger partial charge in [-0.25, -0.2) is 4.39 Å². The van der Waals surface area contributed by atoms with E-state index in [2.05, 4.69) is 0 Å². The Labute approximate surface area is 106 Å². The van der Waals surface area contributed by atoms with Crippen molar-refractivity contribution < 1.29 is 19.0 Å². The quantitative estimate of drug-likeness (QED) is 0.843. The molecule has 0 aromatic heterocycles. The van der Waals surface area contributed by atoms with Gasteiger partial charge in [-0.05, 0) is 20.0 Å². The molecule has 18 heavy (non-hydrogen) atoms. The van der Waals surface area contributed by atoms with Crippen molar-refractivity contribution in [3.63, 3.8) is 0 Å². The lowest BCUT2D eigenvalue weighted by Gasteiger charge is -2.30. The first-order chi connectivity index (χ1) is 8.49. The fourth-order valence-corrected chi connectivity index (χ4v) is 1.82. The third-order valence-electron chi connectivity index (χ3n) is 3.07. The molecule has 0 saturated carbocycles. The number of benzene rings is 1. The van der Waals surface area contributed by atoms with Crippen molar-refractivity contribution in [1.82, 2.24) is 4.90 Å². The maximum Gasteiger partial charge on any atom is 0.323 e. The Balaban J connectivity index is 2.91. The Morgan fingerprint density at radius 3 is 2.61 bits per heavy atom. The number of carbonyl (C=O) groups is 1. The fourth-order valence-electron chi connectivity index (χ4n) is 1.82. The summed E-state index contributed by atoms with van der Waals surface area (Å²) in [6.45, 7) is 1.83. The van der Waals surface area contributed by atoms with Crippen LogP contribution in [0.2, 0.25) is 0 Å². The van der Waals surface area contributed by atoms with Crippen molar-refractivity contribution in [3.8, 4) is 0 Å². The highest BCUT2D eigenvalue weighted by Crippen LogP contribution is 2.23. The topological polar surface area (TPSA) is 49.8 Å². The maximum absolute atomic E-state index is 13.6. The van der Waals surface area contributed by atoms with Gasteiger partial charge in [0.15, 0.2) is 0 Å². The number of rotatable bonds is 6. The van der Waals surface area contributed by atoms with Crippen molar-refractivity contribution in [2.24, 2.45) is 0 Å². The van der Waals surface area contributed by atoms with Crippen LogP contribution in [0.15, 0.2) is 24.3 Å². The lowest BCUT2D eigenvalue weighted by Crippen LogP contribution is -2.43. The zero-order valence-corrected chi connectivity index (χ0v) is 10.8. The van der Waals surface area contributed by atoms with Crippen LogP contribution in [0, 0.1) is 5.82 Å². The molecule has 0 aliphatic rings. The van der Waals surface area contributed by atoms with E-state index in [4.69, 9.17) is 9.84 Å². The predicted octanol–water partition coefficient (Wildman–Crippen LogP) is 1.92. The summed E-state index contributed by atoms with van der Waals surface area (Å²) < 4.78 is 18.5. The zero-order chi connectivity index (χ0) is 13.7. The highest BCUT2D eigenvalue weighted by atomic mass is 19.1. The van der Waals surface area contributed by atoms with E-state index in [9.17, 15) is 9.18 Å². The van der Waals surface area contributed by atoms with Crippen molar-refractivity contribution in [2.45, 2.75) is 19.0 Å². The molecule has 0 saturated heterocycles. The van der Waals surface area contributed by atoms with Gasteiger partial charge in [0.2, 0.25) is 0 Å². The Hall–Kier alpha value is -1.46. The van der Waals surface area contributed by atoms with E-state index >= 15 is 0 Å². The van der Waals surface area contributed by atoms with E-state index in [0.717, 1.165) is 0 Å². The number of carboxylic acids is 1. The summed E-state index contributed by atoms with van der Waals surface area (Å²) in [6, 6.07) is 5.21. The number of nitrogens with zero attached hydrogens (tertiary/aromatic N) is 1. The third-order valence-corrected chi connectivity index (χ3v) is 3.07. The van der Waals surface area contributed by atoms with Crippen LogP contribution in [-0.4, -0.2) is 42.8 Å². The van der Waals surface area contributed by atoms with E-state index in [-0.39, 0.29) is 18.5 Å². The molecule has 4 nitrogen and oxygen atoms in total. The normalized spacial score (nSPS) is 14.5. The van der Waals surface area contributed by atoms with Crippen molar-refractivity contribution in [2.75, 3.05) is 20.8 Å². The maximum atomic E-state index is 13.6. The monoisotopic (exact) mass is 255 g/mol. The fraction of sp³-hybridized carbons (Fsp3) is 0.462. The second-order valence-electron chi connectivity index (χ2n) is 4.17. The second kappa shape index (κ2) is 6.47. The molecule has 0 fully saturated rings. The summed E-state index contributed by atoms with van der Waals surface area (Å²) in [5, 5.41) is 9.12. The summed E-state index contributed by atoms with van der Waals surface area (Å²) in [5.41, 5.74) is 0.474. The van der Waals surface area contributed by atoms with Gasteiger partial charge in [-0.1, -0.05) is 18.2 Å². The van der Waals surface area contributed by atoms with Crippen LogP contribution in [0.4, 0.5) is 4.39 Å². The first-order valence-electron chi connectivity index (χ1n) is 5.67. The van der Waals surface area contributed by atoms with Crippen LogP contribution >= 0.6 is 0 Å². The van der Waals surface area contributed by atoms with Gasteiger partial charge in [0.25, 0.3) is 0 Å². The molecule has 0 amide bonds. The number of hydrogen-bond donors (Lipinski definition) is 1. The average molecular weight is 255 g/mol. The van der Waals surface area contributed by atoms with Gasteiger partial charge in [0.1, 0.15) is 11.9 Å². The molecule has 0 bridgehead atoms. The lowest BCUT2D eigenvalue weighted by molar-refractivity contribution is -0.145. The van der Waals surface area contributed by atoms with Gasteiger partial charge < -0.3 is 9.84 Å². The minimum Gasteiger partial charge on any atom is -0.480 e. The first-order valence-corrected chi connectivity index (χ1v) is 5.67. The summed E-state index contributed by atoms with van der Waals surface area (Å²) in [4.78, 5) is 12.7. The van der Waals surface area contributed by atoms with Crippen LogP contribution in [0.3, 0.4) is 0 Å². The molecule has 0 spiro atoms. The highest BCUT2D eigenvalue weighted by molar-refractivity contribution is 5.73. The van der Waals surface area contributed by atoms with Crippen LogP contribution in [0.5, 0.6) is 0 Å². The van der Waals surface area contributed by atoms with Gasteiger partial charge in [-0.15, -0.1) is 0 Å². The standard InChI is InChI=1S/C13H18FNO3/c1-9(10-6-4-5-7-11(10)14)15(2)12(8-18-3)13(16)17/h4-7,9,12H,8H2,1-3H3,(H,16,17). The minimum absolute atomic E-state index is 0.0601. The van der Waals surface area contributed by atoms with Gasteiger partial charge >= 0.3 is 5.97 Å². The second-order valence-corrected chi connectivity index (χ2v) is 4.17. The molecule has 2 unspecified atom stereocenters. The Kier molecular flexibility index (Phi) is 5.25. The summed E-state index contributed by atoms with van der Waals surface area (Å²) >= 11 is 0. The largest absolute Gasteiger partial charge is 0.480 e. The van der Waals surface area contributed by atoms with E-state index in [1.54, 1.807) is 37.1 Å². The molecule has 1 rings (SSSR count). The van der Waals surface area contributed by atoms with Gasteiger partial charge in [-0.2, -0.15) is 0 Å². The van der Waals surface area contributed by atoms with Crippen molar-refractivity contribution in [1.29, 1.82) is 0 Å². The molecule has 100 valence electrons. The molecule has 5 heteroatoms. The van der Waals surface area contributed by atoms with Crippen molar-refractivity contribution >= 4 is 5.97 Å². The van der Waals surface area contributed by atoms with Crippen molar-refractivity contribution in [3.05, 3.63) is 35.6 Å². The summed E-state index contributed by atoms with van der Waals surface area (Å²) in [7, 11) is 3.09. The van der Waals surface area contributed by atoms with Crippen LogP contribution in [0.25, 0.3) is 0 Å². The number of carboxylic acid groups (broad SMARTS) is 1. The molecule has 1 aromatic carbocycles. The van der Waals surface area contributed by atoms with Gasteiger partial charge in [0.05, 0.1) is 6.61 Å². The smallest absolute Gasteiger partial charge is 0.323 e. The minimum atomic E-state index is -0.984. The van der Waals surface area contributed by atoms with Crippen LogP contribution in [-0.2, 0) is 9.53 Å². The third kappa shape index (κ3) is 3.27. The number of likely N-dealkylation sites (N-methyl/N-ethyl adjacent to an activating group) is 1. The molecular formula is C13H18FNO3. The average Bonchev–Trinajstić information content (AvgIpc) is 2.34. The first kappa shape index (κ1) is 14.6. The number of ether oxygens (including phenoxy) is 1. The lowest BCUT2D eigenvalue weighted by atomic mass is 10.1. The summed E-state index contributed by atoms with van der Waals surface area (Å²) in [5.74, 6) is -1.32. The van der Waals surface area contributed by atoms with E-state index in [1.807, 2.05) is 0 Å². The summed E-state index contributed by atoms with van der Waals surface area (Å²) in [6.07, 6.45) is 0. The molecule has 1 N–H and O–H groups in total. The molecule has 1 aromatic rings. The zero-order valence-electron chi connectivity index (χ0n) is 10.8. The van der Waals surface area contributed by atoms with Gasteiger partial charge in [0, 0.05) is 18.7 Å². The Bertz CT molecular complexity index is 411. The highest BCUT2D eigenvalue weighted by Gasteiger charge is 2.27. The number of hydrogen-bond acceptors (Lipinski definition) is 3. The Morgan fingerprint density at radius 1 is 1.50 bits per heavy atom. The molecule has 0 heterocycles. The van der Waals surface area contributed by atoms with Crippen LogP contribution < -0.4 is 0 Å². The molecular weight excluding hydrogens is 237 g/mol. The molecule has 0 aliphatic carbocycles. The van der Waals surface area contributed by atoms with Crippen LogP contribution in [0.1, 0.15) is 18.5 Å². The molecule has 0 aliphatic heterocycles. The van der Waals surface area contributed by atoms with E-state index in [0.29, 0.717) is 5.56 Å². The number of aliphatic carboxylic acids is 1. The number of halogens is 1. The van der Waals surface area contributed by atoms with E-state index in [1.165, 1.54) is 13.2 Å². The SMILES string of the molecule is COCC(C(=O)O)N(C)C(C)c1ccccc1F. The number of methoxy groups -OCH3 is 1. The molecule has 0 radical (unpaired) electrons. The van der Waals surface area contributed by atoms with E-state index < -0.39 is 12.0 Å². The predicted molar refractivity (Wildman–Crippen MR) is 65.9 cm³/mol. The Morgan fingerprint density at radius 2 is 2.11 bits per heavy atom.